The number of hydrogen-bond acceptors (Lipinski definition) is 4. The lowest BCUT2D eigenvalue weighted by Crippen LogP contribution is -2.42. The van der Waals surface area contributed by atoms with Gasteiger partial charge in [0.05, 0.1) is 23.3 Å². The fourth-order valence-electron chi connectivity index (χ4n) is 3.50. The molecular weight excluding hydrogens is 398 g/mol. The van der Waals surface area contributed by atoms with Crippen molar-refractivity contribution in [1.29, 1.82) is 0 Å². The van der Waals surface area contributed by atoms with Crippen molar-refractivity contribution >= 4 is 15.7 Å². The molecule has 3 aromatic rings. The molecule has 7 heteroatoms. The molecule has 1 aromatic heterocycles. The van der Waals surface area contributed by atoms with Gasteiger partial charge in [-0.25, -0.2) is 13.1 Å². The zero-order chi connectivity index (χ0) is 21.7. The zero-order valence-electron chi connectivity index (χ0n) is 17.5. The minimum Gasteiger partial charge on any atom is -0.335 e. The summed E-state index contributed by atoms with van der Waals surface area (Å²) in [7, 11) is -3.18. The van der Waals surface area contributed by atoms with E-state index < -0.39 is 15.9 Å². The molecule has 0 N–H and O–H groups in total. The van der Waals surface area contributed by atoms with Crippen molar-refractivity contribution in [2.75, 3.05) is 18.1 Å². The molecule has 0 aliphatic carbocycles. The molecule has 2 aromatic carbocycles. The average molecular weight is 426 g/mol. The molecular formula is C23H27N3O3S. The van der Waals surface area contributed by atoms with Crippen LogP contribution in [0, 0.1) is 0 Å². The van der Waals surface area contributed by atoms with Crippen molar-refractivity contribution in [3.63, 3.8) is 0 Å². The lowest BCUT2D eigenvalue weighted by molar-refractivity contribution is 0.0719. The smallest absolute Gasteiger partial charge is 0.254 e. The van der Waals surface area contributed by atoms with Crippen LogP contribution in [0.3, 0.4) is 0 Å². The fourth-order valence-corrected chi connectivity index (χ4v) is 4.65. The summed E-state index contributed by atoms with van der Waals surface area (Å²) in [6.45, 7) is 5.69. The van der Waals surface area contributed by atoms with Crippen molar-refractivity contribution in [2.45, 2.75) is 26.8 Å². The lowest BCUT2D eigenvalue weighted by Gasteiger charge is -2.28. The Balaban J connectivity index is 1.90. The van der Waals surface area contributed by atoms with Crippen LogP contribution in [0.15, 0.2) is 66.9 Å². The van der Waals surface area contributed by atoms with Gasteiger partial charge in [0.2, 0.25) is 0 Å². The maximum absolute atomic E-state index is 13.2. The molecule has 0 aliphatic heterocycles. The normalized spacial score (nSPS) is 12.5. The number of sulfone groups is 1. The molecule has 1 unspecified atom stereocenters. The van der Waals surface area contributed by atoms with Gasteiger partial charge >= 0.3 is 0 Å². The van der Waals surface area contributed by atoms with Gasteiger partial charge in [0.15, 0.2) is 9.84 Å². The number of carbonyl (C=O) groups excluding carboxylic acids is 1. The third-order valence-electron chi connectivity index (χ3n) is 5.12. The van der Waals surface area contributed by atoms with Gasteiger partial charge in [0, 0.05) is 29.5 Å². The summed E-state index contributed by atoms with van der Waals surface area (Å²) in [5, 5.41) is 4.44. The molecule has 0 saturated heterocycles. The number of hydrogen-bond donors (Lipinski definition) is 0. The minimum absolute atomic E-state index is 0.0416. The molecule has 0 bridgehead atoms. The minimum atomic E-state index is -3.18. The van der Waals surface area contributed by atoms with Crippen molar-refractivity contribution in [2.24, 2.45) is 0 Å². The summed E-state index contributed by atoms with van der Waals surface area (Å²) in [4.78, 5) is 14.8. The van der Waals surface area contributed by atoms with Gasteiger partial charge in [-0.3, -0.25) is 4.79 Å². The van der Waals surface area contributed by atoms with E-state index in [0.29, 0.717) is 12.1 Å². The second kappa shape index (κ2) is 9.26. The number of aromatic nitrogens is 2. The summed E-state index contributed by atoms with van der Waals surface area (Å²) in [5.41, 5.74) is 3.23. The van der Waals surface area contributed by atoms with Gasteiger partial charge in [-0.05, 0) is 38.1 Å². The van der Waals surface area contributed by atoms with Gasteiger partial charge in [-0.1, -0.05) is 43.3 Å². The Morgan fingerprint density at radius 3 is 2.47 bits per heavy atom. The van der Waals surface area contributed by atoms with E-state index in [1.807, 2.05) is 55.5 Å². The summed E-state index contributed by atoms with van der Waals surface area (Å²) >= 11 is 0. The highest BCUT2D eigenvalue weighted by Gasteiger charge is 2.24. The molecule has 1 amide bonds. The zero-order valence-corrected chi connectivity index (χ0v) is 18.3. The van der Waals surface area contributed by atoms with E-state index in [0.717, 1.165) is 16.9 Å². The third-order valence-corrected chi connectivity index (χ3v) is 6.99. The maximum Gasteiger partial charge on any atom is 0.254 e. The van der Waals surface area contributed by atoms with Crippen LogP contribution in [0.4, 0.5) is 0 Å². The highest BCUT2D eigenvalue weighted by atomic mass is 32.2. The Kier molecular flexibility index (Phi) is 6.72. The highest BCUT2D eigenvalue weighted by molar-refractivity contribution is 7.91. The van der Waals surface area contributed by atoms with E-state index in [2.05, 4.69) is 5.10 Å². The van der Waals surface area contributed by atoms with Crippen molar-refractivity contribution in [3.8, 4) is 16.9 Å². The molecule has 0 aliphatic rings. The number of benzene rings is 2. The molecule has 3 rings (SSSR count). The first kappa shape index (κ1) is 21.8. The van der Waals surface area contributed by atoms with Crippen LogP contribution < -0.4 is 0 Å². The van der Waals surface area contributed by atoms with E-state index in [9.17, 15) is 13.2 Å². The molecule has 0 radical (unpaired) electrons. The Labute approximate surface area is 178 Å². The van der Waals surface area contributed by atoms with Crippen molar-refractivity contribution < 1.29 is 13.2 Å². The summed E-state index contributed by atoms with van der Waals surface area (Å²) < 4.78 is 25.8. The van der Waals surface area contributed by atoms with E-state index >= 15 is 0 Å². The first-order valence-electron chi connectivity index (χ1n) is 10.1. The van der Waals surface area contributed by atoms with E-state index in [1.165, 1.54) is 0 Å². The molecule has 1 heterocycles. The number of amides is 1. The lowest BCUT2D eigenvalue weighted by atomic mass is 10.1. The van der Waals surface area contributed by atoms with Crippen molar-refractivity contribution in [1.82, 2.24) is 14.7 Å². The Morgan fingerprint density at radius 1 is 1.07 bits per heavy atom. The maximum atomic E-state index is 13.2. The van der Waals surface area contributed by atoms with Crippen molar-refractivity contribution in [3.05, 3.63) is 72.4 Å². The number of rotatable bonds is 8. The van der Waals surface area contributed by atoms with E-state index in [1.54, 1.807) is 41.8 Å². The molecule has 0 spiro atoms. The molecule has 1 atom stereocenters. The summed E-state index contributed by atoms with van der Waals surface area (Å²) in [6, 6.07) is 18.7. The SMILES string of the molecule is CCN(C(=O)c1cccc(-n2nccc2-c2ccccc2)c1)C(C)CS(=O)(=O)CC. The van der Waals surface area contributed by atoms with Crippen LogP contribution in [0.5, 0.6) is 0 Å². The first-order valence-corrected chi connectivity index (χ1v) is 11.9. The van der Waals surface area contributed by atoms with Gasteiger partial charge in [0.1, 0.15) is 0 Å². The fraction of sp³-hybridized carbons (Fsp3) is 0.304. The van der Waals surface area contributed by atoms with Crippen LogP contribution >= 0.6 is 0 Å². The number of nitrogens with zero attached hydrogens (tertiary/aromatic N) is 3. The second-order valence-electron chi connectivity index (χ2n) is 7.18. The van der Waals surface area contributed by atoms with E-state index in [-0.39, 0.29) is 17.4 Å². The van der Waals surface area contributed by atoms with Crippen LogP contribution in [0.1, 0.15) is 31.1 Å². The molecule has 158 valence electrons. The highest BCUT2D eigenvalue weighted by Crippen LogP contribution is 2.23. The standard InChI is InChI=1S/C23H27N3O3S/c1-4-25(18(3)17-30(28,29)5-2)23(27)20-12-9-13-21(16-20)26-22(14-15-24-26)19-10-7-6-8-11-19/h6-16,18H,4-5,17H2,1-3H3. The van der Waals surface area contributed by atoms with Crippen LogP contribution in [0.2, 0.25) is 0 Å². The molecule has 6 nitrogen and oxygen atoms in total. The Morgan fingerprint density at radius 2 is 1.80 bits per heavy atom. The van der Waals surface area contributed by atoms with Gasteiger partial charge < -0.3 is 4.90 Å². The third kappa shape index (κ3) is 4.79. The summed E-state index contributed by atoms with van der Waals surface area (Å²) in [6.07, 6.45) is 1.73. The monoisotopic (exact) mass is 425 g/mol. The predicted octanol–water partition coefficient (Wildman–Crippen LogP) is 3.82. The molecule has 30 heavy (non-hydrogen) atoms. The Hall–Kier alpha value is -2.93. The largest absolute Gasteiger partial charge is 0.335 e. The van der Waals surface area contributed by atoms with Gasteiger partial charge in [-0.15, -0.1) is 0 Å². The molecule has 0 fully saturated rings. The van der Waals surface area contributed by atoms with Crippen LogP contribution in [-0.2, 0) is 9.84 Å². The van der Waals surface area contributed by atoms with Crippen LogP contribution in [0.25, 0.3) is 16.9 Å². The van der Waals surface area contributed by atoms with E-state index in [4.69, 9.17) is 0 Å². The molecule has 0 saturated carbocycles. The second-order valence-corrected chi connectivity index (χ2v) is 9.58. The van der Waals surface area contributed by atoms with Crippen LogP contribution in [-0.4, -0.2) is 53.1 Å². The van der Waals surface area contributed by atoms with Gasteiger partial charge in [-0.2, -0.15) is 5.10 Å². The average Bonchev–Trinajstić information content (AvgIpc) is 3.24. The van der Waals surface area contributed by atoms with Gasteiger partial charge in [0.25, 0.3) is 5.91 Å². The number of carbonyl (C=O) groups is 1. The predicted molar refractivity (Wildman–Crippen MR) is 120 cm³/mol. The quantitative estimate of drug-likeness (QED) is 0.550. The Bertz CT molecular complexity index is 1110. The first-order chi connectivity index (χ1) is 14.4. The summed E-state index contributed by atoms with van der Waals surface area (Å²) in [5.74, 6) is -0.160. The topological polar surface area (TPSA) is 72.3 Å².